The second-order valence-corrected chi connectivity index (χ2v) is 8.37. The number of ketones is 1. The van der Waals surface area contributed by atoms with Gasteiger partial charge in [-0.1, -0.05) is 48.5 Å². The molecule has 0 amide bonds. The fourth-order valence-electron chi connectivity index (χ4n) is 4.60. The molecular formula is C30H24N2O6. The zero-order valence-electron chi connectivity index (χ0n) is 21.1. The van der Waals surface area contributed by atoms with E-state index in [1.165, 1.54) is 18.8 Å². The number of aromatic nitrogens is 2. The molecule has 38 heavy (non-hydrogen) atoms. The first-order chi connectivity index (χ1) is 18.5. The third-order valence-corrected chi connectivity index (χ3v) is 6.23. The van der Waals surface area contributed by atoms with Crippen molar-refractivity contribution in [1.29, 1.82) is 0 Å². The Morgan fingerprint density at radius 2 is 1.45 bits per heavy atom. The lowest BCUT2D eigenvalue weighted by Gasteiger charge is -2.23. The summed E-state index contributed by atoms with van der Waals surface area (Å²) in [7, 11) is 2.41. The van der Waals surface area contributed by atoms with Crippen molar-refractivity contribution in [3.63, 3.8) is 0 Å². The lowest BCUT2D eigenvalue weighted by molar-refractivity contribution is 0.0545. The molecule has 0 spiro atoms. The number of esters is 2. The third-order valence-electron chi connectivity index (χ3n) is 6.23. The number of rotatable bonds is 7. The van der Waals surface area contributed by atoms with Crippen molar-refractivity contribution in [3.05, 3.63) is 101 Å². The number of carbonyl (C=O) groups excluding carboxylic acids is 3. The molecule has 0 bridgehead atoms. The van der Waals surface area contributed by atoms with Crippen molar-refractivity contribution in [3.8, 4) is 22.8 Å². The minimum atomic E-state index is -0.850. The highest BCUT2D eigenvalue weighted by molar-refractivity contribution is 6.23. The molecular weight excluding hydrogens is 484 g/mol. The van der Waals surface area contributed by atoms with Crippen molar-refractivity contribution in [2.45, 2.75) is 6.92 Å². The van der Waals surface area contributed by atoms with E-state index in [1.807, 2.05) is 31.2 Å². The van der Waals surface area contributed by atoms with Crippen LogP contribution in [0.5, 0.6) is 5.75 Å². The highest BCUT2D eigenvalue weighted by Crippen LogP contribution is 2.41. The molecule has 2 aliphatic rings. The van der Waals surface area contributed by atoms with Crippen LogP contribution in [0.3, 0.4) is 0 Å². The maximum Gasteiger partial charge on any atom is 0.356 e. The van der Waals surface area contributed by atoms with Crippen molar-refractivity contribution < 1.29 is 28.6 Å². The number of hydrogen-bond acceptors (Lipinski definition) is 7. The SMILES string of the molecule is CCOc1ccc(-n2c3nc4ccccc4c-3c(C(=O)c3ccccc3)c(C(=O)OC)c2C(=O)OC)cc1. The lowest BCUT2D eigenvalue weighted by atomic mass is 9.90. The van der Waals surface area contributed by atoms with Crippen molar-refractivity contribution >= 4 is 28.6 Å². The first-order valence-electron chi connectivity index (χ1n) is 12.0. The van der Waals surface area contributed by atoms with Gasteiger partial charge in [0.1, 0.15) is 22.8 Å². The van der Waals surface area contributed by atoms with Gasteiger partial charge in [0.25, 0.3) is 0 Å². The molecule has 0 aliphatic carbocycles. The number of ether oxygens (including phenoxy) is 3. The summed E-state index contributed by atoms with van der Waals surface area (Å²) in [5, 5.41) is 0.656. The Hall–Kier alpha value is -4.98. The topological polar surface area (TPSA) is 96.7 Å². The molecule has 0 saturated heterocycles. The lowest BCUT2D eigenvalue weighted by Crippen LogP contribution is -2.25. The standard InChI is InChI=1S/C30H24N2O6/c1-4-38-20-16-14-19(15-17-20)32-26(30(35)37-3)25(29(34)36-2)24(27(33)18-10-6-5-7-11-18)23-21-12-8-9-13-22(21)31-28(23)32/h5-17H,4H2,1-3H3. The number of methoxy groups -OCH3 is 2. The van der Waals surface area contributed by atoms with Gasteiger partial charge in [-0.2, -0.15) is 0 Å². The molecule has 190 valence electrons. The number of para-hydroxylation sites is 1. The van der Waals surface area contributed by atoms with Gasteiger partial charge in [-0.25, -0.2) is 14.6 Å². The first-order valence-corrected chi connectivity index (χ1v) is 12.0. The van der Waals surface area contributed by atoms with E-state index < -0.39 is 17.7 Å². The van der Waals surface area contributed by atoms with E-state index >= 15 is 0 Å². The van der Waals surface area contributed by atoms with Crippen LogP contribution in [-0.4, -0.2) is 48.1 Å². The fourth-order valence-corrected chi connectivity index (χ4v) is 4.60. The van der Waals surface area contributed by atoms with Crippen LogP contribution in [0.15, 0.2) is 78.9 Å². The van der Waals surface area contributed by atoms with Gasteiger partial charge in [0.15, 0.2) is 5.78 Å². The van der Waals surface area contributed by atoms with E-state index in [1.54, 1.807) is 54.6 Å². The van der Waals surface area contributed by atoms with E-state index in [0.717, 1.165) is 0 Å². The molecule has 0 fully saturated rings. The number of benzene rings is 3. The van der Waals surface area contributed by atoms with Crippen LogP contribution in [0.2, 0.25) is 0 Å². The molecule has 0 N–H and O–H groups in total. The number of nitrogens with zero attached hydrogens (tertiary/aromatic N) is 2. The summed E-state index contributed by atoms with van der Waals surface area (Å²) in [6, 6.07) is 22.8. The number of carbonyl (C=O) groups is 3. The quantitative estimate of drug-likeness (QED) is 0.216. The van der Waals surface area contributed by atoms with Gasteiger partial charge in [0, 0.05) is 22.2 Å². The monoisotopic (exact) mass is 508 g/mol. The summed E-state index contributed by atoms with van der Waals surface area (Å²) in [6.07, 6.45) is 0. The molecule has 0 unspecified atom stereocenters. The summed E-state index contributed by atoms with van der Waals surface area (Å²) >= 11 is 0. The molecule has 3 aromatic carbocycles. The first kappa shape index (κ1) is 24.7. The van der Waals surface area contributed by atoms with E-state index in [4.69, 9.17) is 19.2 Å². The minimum Gasteiger partial charge on any atom is -0.494 e. The normalized spacial score (nSPS) is 10.9. The summed E-state index contributed by atoms with van der Waals surface area (Å²) in [6.45, 7) is 2.37. The predicted molar refractivity (Wildman–Crippen MR) is 141 cm³/mol. The maximum absolute atomic E-state index is 14.1. The molecule has 3 aromatic rings. The Kier molecular flexibility index (Phi) is 6.62. The second-order valence-electron chi connectivity index (χ2n) is 8.37. The Labute approximate surface area is 218 Å². The van der Waals surface area contributed by atoms with Crippen molar-refractivity contribution in [2.24, 2.45) is 0 Å². The molecule has 2 heterocycles. The minimum absolute atomic E-state index is 0.0225. The van der Waals surface area contributed by atoms with Crippen LogP contribution in [-0.2, 0) is 9.47 Å². The summed E-state index contributed by atoms with van der Waals surface area (Å²) in [5.74, 6) is -1.16. The molecule has 8 nitrogen and oxygen atoms in total. The van der Waals surface area contributed by atoms with Crippen LogP contribution in [0.25, 0.3) is 28.0 Å². The van der Waals surface area contributed by atoms with Crippen LogP contribution >= 0.6 is 0 Å². The van der Waals surface area contributed by atoms with Gasteiger partial charge in [-0.15, -0.1) is 0 Å². The molecule has 2 aliphatic heterocycles. The van der Waals surface area contributed by atoms with Gasteiger partial charge in [-0.3, -0.25) is 9.36 Å². The van der Waals surface area contributed by atoms with Crippen molar-refractivity contribution in [1.82, 2.24) is 9.55 Å². The molecule has 5 rings (SSSR count). The van der Waals surface area contributed by atoms with E-state index in [2.05, 4.69) is 0 Å². The second kappa shape index (κ2) is 10.2. The van der Waals surface area contributed by atoms with E-state index in [9.17, 15) is 14.4 Å². The van der Waals surface area contributed by atoms with Gasteiger partial charge in [0.2, 0.25) is 0 Å². The van der Waals surface area contributed by atoms with Gasteiger partial charge in [-0.05, 0) is 37.3 Å². The van der Waals surface area contributed by atoms with Gasteiger partial charge >= 0.3 is 11.9 Å². The zero-order chi connectivity index (χ0) is 26.8. The van der Waals surface area contributed by atoms with Crippen LogP contribution < -0.4 is 4.74 Å². The Morgan fingerprint density at radius 1 is 0.789 bits per heavy atom. The average Bonchev–Trinajstić information content (AvgIpc) is 3.35. The summed E-state index contributed by atoms with van der Waals surface area (Å²) in [5.41, 5.74) is 1.54. The number of fused-ring (bicyclic) bond motifs is 3. The number of pyridine rings is 1. The highest BCUT2D eigenvalue weighted by atomic mass is 16.5. The predicted octanol–water partition coefficient (Wildman–Crippen LogP) is 5.33. The highest BCUT2D eigenvalue weighted by Gasteiger charge is 2.37. The largest absolute Gasteiger partial charge is 0.494 e. The van der Waals surface area contributed by atoms with E-state index in [-0.39, 0.29) is 16.8 Å². The Bertz CT molecular complexity index is 1640. The fraction of sp³-hybridized carbons (Fsp3) is 0.133. The summed E-state index contributed by atoms with van der Waals surface area (Å²) < 4.78 is 17.4. The smallest absolute Gasteiger partial charge is 0.356 e. The van der Waals surface area contributed by atoms with Crippen LogP contribution in [0.4, 0.5) is 0 Å². The van der Waals surface area contributed by atoms with E-state index in [0.29, 0.717) is 45.9 Å². The van der Waals surface area contributed by atoms with Gasteiger partial charge < -0.3 is 14.2 Å². The molecule has 0 saturated carbocycles. The Balaban J connectivity index is 1.98. The molecule has 0 aromatic heterocycles. The Morgan fingerprint density at radius 3 is 2.11 bits per heavy atom. The third kappa shape index (κ3) is 4.06. The van der Waals surface area contributed by atoms with Gasteiger partial charge in [0.05, 0.1) is 31.9 Å². The van der Waals surface area contributed by atoms with Crippen LogP contribution in [0.1, 0.15) is 43.7 Å². The van der Waals surface area contributed by atoms with Crippen LogP contribution in [0, 0.1) is 0 Å². The molecule has 0 atom stereocenters. The average molecular weight is 509 g/mol. The molecule has 8 heteroatoms. The number of hydrogen-bond donors (Lipinski definition) is 0. The zero-order valence-corrected chi connectivity index (χ0v) is 21.1. The molecule has 0 radical (unpaired) electrons. The van der Waals surface area contributed by atoms with Crippen molar-refractivity contribution in [2.75, 3.05) is 20.8 Å². The summed E-state index contributed by atoms with van der Waals surface area (Å²) in [4.78, 5) is 45.6. The maximum atomic E-state index is 14.1.